The summed E-state index contributed by atoms with van der Waals surface area (Å²) in [7, 11) is 0. The summed E-state index contributed by atoms with van der Waals surface area (Å²) in [5.41, 5.74) is -3.31. The Labute approximate surface area is 175 Å². The van der Waals surface area contributed by atoms with Crippen LogP contribution in [0.4, 0.5) is 13.2 Å². The van der Waals surface area contributed by atoms with E-state index in [1.807, 2.05) is 0 Å². The lowest BCUT2D eigenvalue weighted by Crippen LogP contribution is -2.27. The van der Waals surface area contributed by atoms with Gasteiger partial charge in [0.1, 0.15) is 10.8 Å². The maximum atomic E-state index is 13.4. The zero-order chi connectivity index (χ0) is 22.1. The van der Waals surface area contributed by atoms with Crippen LogP contribution in [0.2, 0.25) is 10.0 Å². The molecule has 0 spiro atoms. The van der Waals surface area contributed by atoms with E-state index in [1.54, 1.807) is 6.07 Å². The summed E-state index contributed by atoms with van der Waals surface area (Å²) in [6.45, 7) is -0.351. The van der Waals surface area contributed by atoms with Crippen molar-refractivity contribution in [2.24, 2.45) is 0 Å². The number of benzene rings is 1. The molecule has 0 unspecified atom stereocenters. The average Bonchev–Trinajstić information content (AvgIpc) is 2.66. The molecule has 0 saturated carbocycles. The molecule has 0 saturated heterocycles. The molecule has 30 heavy (non-hydrogen) atoms. The fourth-order valence-electron chi connectivity index (χ4n) is 2.36. The number of hydrogen-bond donors (Lipinski definition) is 1. The summed E-state index contributed by atoms with van der Waals surface area (Å²) in [6, 6.07) is 6.45. The van der Waals surface area contributed by atoms with Gasteiger partial charge in [0, 0.05) is 5.02 Å². The van der Waals surface area contributed by atoms with Gasteiger partial charge in [-0.2, -0.15) is 23.5 Å². The fraction of sp³-hybridized carbons (Fsp3) is 0.118. The second kappa shape index (κ2) is 8.17. The molecule has 0 bridgehead atoms. The van der Waals surface area contributed by atoms with E-state index in [2.05, 4.69) is 15.2 Å². The van der Waals surface area contributed by atoms with Crippen LogP contribution < -0.4 is 15.9 Å². The number of halogens is 5. The number of nitrogens with zero attached hydrogens (tertiary/aromatic N) is 4. The molecular formula is C17H8Cl2F3N5O3. The summed E-state index contributed by atoms with van der Waals surface area (Å²) in [5.74, 6) is -1.38. The first kappa shape index (κ1) is 21.4. The maximum absolute atomic E-state index is 13.4. The van der Waals surface area contributed by atoms with Crippen LogP contribution in [0.15, 0.2) is 40.2 Å². The third kappa shape index (κ3) is 4.61. The van der Waals surface area contributed by atoms with Crippen molar-refractivity contribution in [1.29, 1.82) is 5.26 Å². The highest BCUT2D eigenvalue weighted by Gasteiger charge is 2.38. The van der Waals surface area contributed by atoms with Crippen LogP contribution in [0, 0.1) is 11.3 Å². The van der Waals surface area contributed by atoms with Gasteiger partial charge < -0.3 is 4.74 Å². The second-order valence-corrected chi connectivity index (χ2v) is 6.62. The Hall–Kier alpha value is -3.36. The summed E-state index contributed by atoms with van der Waals surface area (Å²) in [4.78, 5) is 27.3. The van der Waals surface area contributed by atoms with Crippen LogP contribution >= 0.6 is 23.2 Å². The van der Waals surface area contributed by atoms with E-state index >= 15 is 0 Å². The average molecular weight is 458 g/mol. The number of nitriles is 1. The Morgan fingerprint density at radius 2 is 1.93 bits per heavy atom. The molecule has 8 nitrogen and oxygen atoms in total. The Bertz CT molecular complexity index is 1280. The molecule has 0 radical (unpaired) electrons. The molecule has 0 amide bonds. The predicted molar refractivity (Wildman–Crippen MR) is 98.7 cm³/mol. The van der Waals surface area contributed by atoms with E-state index in [9.17, 15) is 22.8 Å². The highest BCUT2D eigenvalue weighted by atomic mass is 35.5. The predicted octanol–water partition coefficient (Wildman–Crippen LogP) is 3.36. The van der Waals surface area contributed by atoms with Gasteiger partial charge in [-0.3, -0.25) is 14.2 Å². The molecule has 3 rings (SSSR count). The van der Waals surface area contributed by atoms with Crippen molar-refractivity contribution >= 4 is 23.2 Å². The fourth-order valence-corrected chi connectivity index (χ4v) is 2.75. The van der Waals surface area contributed by atoms with Crippen molar-refractivity contribution in [2.45, 2.75) is 12.7 Å². The molecule has 0 fully saturated rings. The van der Waals surface area contributed by atoms with Gasteiger partial charge in [0.15, 0.2) is 5.69 Å². The largest absolute Gasteiger partial charge is 0.449 e. The van der Waals surface area contributed by atoms with Gasteiger partial charge in [-0.1, -0.05) is 23.2 Å². The molecule has 0 aliphatic carbocycles. The van der Waals surface area contributed by atoms with Gasteiger partial charge in [-0.15, -0.1) is 0 Å². The SMILES string of the molecule is N#Cc1cc(Cl)cc(Oc2c(C(F)(F)F)ncn(Cc3cc(Cl)c(=O)[nH]n3)c2=O)c1. The number of nitrogens with one attached hydrogen (secondary N) is 1. The second-order valence-electron chi connectivity index (χ2n) is 5.78. The first-order valence-electron chi connectivity index (χ1n) is 7.88. The number of hydrogen-bond acceptors (Lipinski definition) is 6. The molecule has 0 atom stereocenters. The number of aromatic nitrogens is 4. The summed E-state index contributed by atoms with van der Waals surface area (Å²) in [6.07, 6.45) is -4.33. The number of rotatable bonds is 4. The van der Waals surface area contributed by atoms with Gasteiger partial charge >= 0.3 is 6.18 Å². The lowest BCUT2D eigenvalue weighted by atomic mass is 10.2. The van der Waals surface area contributed by atoms with Crippen LogP contribution in [-0.4, -0.2) is 19.7 Å². The van der Waals surface area contributed by atoms with Crippen LogP contribution in [0.1, 0.15) is 17.0 Å². The highest BCUT2D eigenvalue weighted by Crippen LogP contribution is 2.35. The molecule has 154 valence electrons. The zero-order valence-electron chi connectivity index (χ0n) is 14.5. The van der Waals surface area contributed by atoms with Crippen molar-refractivity contribution in [1.82, 2.24) is 19.7 Å². The summed E-state index contributed by atoms with van der Waals surface area (Å²) in [5, 5.41) is 14.5. The molecule has 1 aromatic carbocycles. The van der Waals surface area contributed by atoms with Gasteiger partial charge in [0.05, 0.1) is 30.2 Å². The molecule has 0 aliphatic heterocycles. The Kier molecular flexibility index (Phi) is 5.82. The zero-order valence-corrected chi connectivity index (χ0v) is 16.0. The minimum absolute atomic E-state index is 0.0161. The topological polar surface area (TPSA) is 114 Å². The maximum Gasteiger partial charge on any atom is 0.437 e. The first-order chi connectivity index (χ1) is 14.1. The van der Waals surface area contributed by atoms with Crippen molar-refractivity contribution in [3.8, 4) is 17.6 Å². The van der Waals surface area contributed by atoms with Crippen molar-refractivity contribution in [3.05, 3.63) is 78.3 Å². The van der Waals surface area contributed by atoms with Crippen LogP contribution in [0.25, 0.3) is 0 Å². The van der Waals surface area contributed by atoms with E-state index in [1.165, 1.54) is 6.07 Å². The van der Waals surface area contributed by atoms with Gasteiger partial charge in [0.2, 0.25) is 5.75 Å². The molecule has 2 heterocycles. The minimum Gasteiger partial charge on any atom is -0.449 e. The molecule has 1 N–H and O–H groups in total. The van der Waals surface area contributed by atoms with Crippen molar-refractivity contribution in [3.63, 3.8) is 0 Å². The quantitative estimate of drug-likeness (QED) is 0.642. The van der Waals surface area contributed by atoms with Gasteiger partial charge in [-0.25, -0.2) is 10.1 Å². The number of ether oxygens (including phenoxy) is 1. The highest BCUT2D eigenvalue weighted by molar-refractivity contribution is 6.31. The van der Waals surface area contributed by atoms with E-state index in [-0.39, 0.29) is 33.6 Å². The number of alkyl halides is 3. The molecule has 2 aromatic heterocycles. The standard InChI is InChI=1S/C17H8Cl2F3N5O3/c18-9-1-8(5-23)2-11(3-9)30-13-14(17(20,21)22)24-7-27(16(13)29)6-10-4-12(19)15(28)26-25-10/h1-4,7H,6H2,(H,26,28). The van der Waals surface area contributed by atoms with Gasteiger partial charge in [0.25, 0.3) is 11.1 Å². The van der Waals surface area contributed by atoms with E-state index in [0.717, 1.165) is 22.8 Å². The molecule has 0 aliphatic rings. The van der Waals surface area contributed by atoms with Crippen molar-refractivity contribution < 1.29 is 17.9 Å². The lowest BCUT2D eigenvalue weighted by Gasteiger charge is -2.14. The lowest BCUT2D eigenvalue weighted by molar-refractivity contribution is -0.142. The van der Waals surface area contributed by atoms with E-state index in [4.69, 9.17) is 33.2 Å². The number of aromatic amines is 1. The van der Waals surface area contributed by atoms with E-state index in [0.29, 0.717) is 6.33 Å². The van der Waals surface area contributed by atoms with Crippen LogP contribution in [0.3, 0.4) is 0 Å². The van der Waals surface area contributed by atoms with Crippen LogP contribution in [-0.2, 0) is 12.7 Å². The summed E-state index contributed by atoms with van der Waals surface area (Å²) >= 11 is 11.5. The Balaban J connectivity index is 2.10. The first-order valence-corrected chi connectivity index (χ1v) is 8.63. The van der Waals surface area contributed by atoms with Gasteiger partial charge in [-0.05, 0) is 24.3 Å². The Morgan fingerprint density at radius 1 is 1.20 bits per heavy atom. The minimum atomic E-state index is -5.00. The smallest absolute Gasteiger partial charge is 0.437 e. The molecular weight excluding hydrogens is 450 g/mol. The van der Waals surface area contributed by atoms with Crippen molar-refractivity contribution in [2.75, 3.05) is 0 Å². The monoisotopic (exact) mass is 457 g/mol. The number of H-pyrrole nitrogens is 1. The molecule has 3 aromatic rings. The third-order valence-electron chi connectivity index (χ3n) is 3.63. The third-order valence-corrected chi connectivity index (χ3v) is 4.13. The summed E-state index contributed by atoms with van der Waals surface area (Å²) < 4.78 is 46.1. The molecule has 13 heteroatoms. The van der Waals surface area contributed by atoms with Crippen LogP contribution in [0.5, 0.6) is 11.5 Å². The van der Waals surface area contributed by atoms with E-state index < -0.39 is 28.7 Å². The normalized spacial score (nSPS) is 11.2. The Morgan fingerprint density at radius 3 is 2.57 bits per heavy atom.